The van der Waals surface area contributed by atoms with Gasteiger partial charge in [0.05, 0.1) is 33.1 Å². The molecule has 18 aromatic carbocycles. The van der Waals surface area contributed by atoms with Gasteiger partial charge in [0.25, 0.3) is 0 Å². The molecule has 0 aliphatic carbocycles. The SMILES string of the molecule is c1ccc(-c2nc(-c3ccccc3)nc(-c3ccc(-c4ccc5c6cccc(-c7ccc(-c8ccccc8-c8ccccc8-c8nc(-c9ccccc9)nc(-c9ccc(-c%10ccc%11c%12cccc(-c%13ccc%14c%15ccccc%15c%15ccccc%15c%14c%13)c%12n%12c%13ccccc%13c%10c%11%12)cc9)n8)cc7)c6n6c7ccccc7c4c56)cc3)n2)cc1. The zero-order chi connectivity index (χ0) is 76.1. The molecule has 0 fully saturated rings. The van der Waals surface area contributed by atoms with Gasteiger partial charge in [0.1, 0.15) is 0 Å². The fraction of sp³-hybridized carbons (Fsp3) is 0. The summed E-state index contributed by atoms with van der Waals surface area (Å²) in [4.78, 5) is 31.1. The smallest absolute Gasteiger partial charge is 0.164 e. The maximum absolute atomic E-state index is 5.44. The lowest BCUT2D eigenvalue weighted by Crippen LogP contribution is -2.01. The van der Waals surface area contributed by atoms with Crippen LogP contribution >= 0.6 is 0 Å². The van der Waals surface area contributed by atoms with Gasteiger partial charge in [0.2, 0.25) is 0 Å². The van der Waals surface area contributed by atoms with Crippen molar-refractivity contribution in [2.75, 3.05) is 0 Å². The maximum atomic E-state index is 5.44. The van der Waals surface area contributed by atoms with Crippen molar-refractivity contribution in [2.45, 2.75) is 0 Å². The van der Waals surface area contributed by atoms with E-state index in [9.17, 15) is 0 Å². The van der Waals surface area contributed by atoms with E-state index in [2.05, 4.69) is 318 Å². The van der Waals surface area contributed by atoms with Crippen LogP contribution in [0.5, 0.6) is 0 Å². The molecule has 0 saturated carbocycles. The average Bonchev–Trinajstić information content (AvgIpc) is 1.52. The lowest BCUT2D eigenvalue weighted by Gasteiger charge is -2.15. The molecule has 0 spiro atoms. The summed E-state index contributed by atoms with van der Waals surface area (Å²) in [6.07, 6.45) is 0. The van der Waals surface area contributed by atoms with E-state index < -0.39 is 0 Å². The summed E-state index contributed by atoms with van der Waals surface area (Å²) in [5.74, 6) is 3.69. The van der Waals surface area contributed by atoms with Crippen LogP contribution in [0.4, 0.5) is 0 Å². The lowest BCUT2D eigenvalue weighted by atomic mass is 9.90. The van der Waals surface area contributed by atoms with E-state index in [0.29, 0.717) is 34.9 Å². The van der Waals surface area contributed by atoms with Crippen LogP contribution in [-0.2, 0) is 0 Å². The number of rotatable bonds is 12. The molecule has 6 aromatic heterocycles. The normalized spacial score (nSPS) is 12.0. The molecule has 116 heavy (non-hydrogen) atoms. The Labute approximate surface area is 666 Å². The number of nitrogens with zero attached hydrogens (tertiary/aromatic N) is 8. The Morgan fingerprint density at radius 1 is 0.138 bits per heavy atom. The highest BCUT2D eigenvalue weighted by Gasteiger charge is 2.27. The van der Waals surface area contributed by atoms with E-state index in [-0.39, 0.29) is 0 Å². The minimum absolute atomic E-state index is 0.592. The molecule has 0 radical (unpaired) electrons. The van der Waals surface area contributed by atoms with Crippen LogP contribution in [0.2, 0.25) is 0 Å². The minimum Gasteiger partial charge on any atom is -0.307 e. The second-order valence-electron chi connectivity index (χ2n) is 30.3. The number of hydrogen-bond acceptors (Lipinski definition) is 6. The number of para-hydroxylation sites is 4. The van der Waals surface area contributed by atoms with Gasteiger partial charge in [0, 0.05) is 87.6 Å². The third-order valence-electron chi connectivity index (χ3n) is 24.0. The van der Waals surface area contributed by atoms with Gasteiger partial charge in [-0.3, -0.25) is 0 Å². The van der Waals surface area contributed by atoms with Crippen LogP contribution in [0.3, 0.4) is 0 Å². The highest BCUT2D eigenvalue weighted by Crippen LogP contribution is 2.50. The van der Waals surface area contributed by atoms with Crippen LogP contribution in [0.25, 0.3) is 244 Å². The molecule has 0 saturated heterocycles. The number of fused-ring (bicyclic) bond motifs is 18. The van der Waals surface area contributed by atoms with Crippen LogP contribution in [-0.4, -0.2) is 38.7 Å². The molecule has 0 atom stereocenters. The Morgan fingerprint density at radius 2 is 0.405 bits per heavy atom. The van der Waals surface area contributed by atoms with Crippen molar-refractivity contribution in [1.82, 2.24) is 38.7 Å². The Hall–Kier alpha value is -15.6. The second-order valence-corrected chi connectivity index (χ2v) is 30.3. The van der Waals surface area contributed by atoms with Gasteiger partial charge in [-0.1, -0.05) is 370 Å². The lowest BCUT2D eigenvalue weighted by molar-refractivity contribution is 1.07. The first kappa shape index (κ1) is 65.1. The average molecular weight is 1470 g/mol. The van der Waals surface area contributed by atoms with Crippen LogP contribution in [0, 0.1) is 0 Å². The fourth-order valence-electron chi connectivity index (χ4n) is 18.7. The monoisotopic (exact) mass is 1470 g/mol. The molecular formula is C108H64N8. The Bertz CT molecular complexity index is 8000. The molecule has 24 rings (SSSR count). The molecule has 6 heterocycles. The van der Waals surface area contributed by atoms with Crippen LogP contribution in [0.1, 0.15) is 0 Å². The molecule has 0 amide bonds. The topological polar surface area (TPSA) is 86.2 Å². The molecular weight excluding hydrogens is 1410 g/mol. The van der Waals surface area contributed by atoms with Crippen molar-refractivity contribution in [3.63, 3.8) is 0 Å². The summed E-state index contributed by atoms with van der Waals surface area (Å²) >= 11 is 0. The van der Waals surface area contributed by atoms with Gasteiger partial charge in [-0.05, 0) is 106 Å². The van der Waals surface area contributed by atoms with Gasteiger partial charge in [-0.15, -0.1) is 0 Å². The molecule has 0 N–H and O–H groups in total. The number of hydrogen-bond donors (Lipinski definition) is 0. The number of benzene rings is 18. The van der Waals surface area contributed by atoms with E-state index in [1.54, 1.807) is 0 Å². The van der Waals surface area contributed by atoms with Crippen LogP contribution in [0.15, 0.2) is 388 Å². The highest BCUT2D eigenvalue weighted by molar-refractivity contribution is 6.31. The first-order chi connectivity index (χ1) is 57.5. The maximum Gasteiger partial charge on any atom is 0.164 e. The summed E-state index contributed by atoms with van der Waals surface area (Å²) in [5, 5.41) is 17.4. The summed E-state index contributed by atoms with van der Waals surface area (Å²) in [6.45, 7) is 0. The van der Waals surface area contributed by atoms with E-state index in [0.717, 1.165) is 77.9 Å². The predicted octanol–water partition coefficient (Wildman–Crippen LogP) is 27.8. The van der Waals surface area contributed by atoms with Gasteiger partial charge >= 0.3 is 0 Å². The van der Waals surface area contributed by atoms with Gasteiger partial charge in [0.15, 0.2) is 34.9 Å². The standard InChI is InChI=1S/C108H64N8/c1-4-24-69(25-5-1)103-109-104(70-26-6-2-7-27-70)111-106(110-103)72-54-50-66(51-55-72)76-60-62-89-87-42-22-40-78(99(87)115-95-44-20-18-38-92(95)97(76)101(89)115)68-48-46-65(47-49-68)75-30-10-11-31-80(75)84-35-16-17-37-91(84)108-113-105(71-28-8-3-9-29-71)112-107(114-108)73-56-52-67(53-57-73)77-61-63-90-88-43-23-41-79(100(88)116-96-45-21-19-39-93(96)98(77)102(90)116)74-58-59-86-83-34-13-12-32-81(83)82-33-14-15-36-85(82)94(86)64-74/h1-64H. The largest absolute Gasteiger partial charge is 0.307 e. The third-order valence-corrected chi connectivity index (χ3v) is 24.0. The molecule has 0 unspecified atom stereocenters. The van der Waals surface area contributed by atoms with Crippen molar-refractivity contribution in [3.05, 3.63) is 388 Å². The zero-order valence-corrected chi connectivity index (χ0v) is 62.5. The second kappa shape index (κ2) is 26.0. The Balaban J connectivity index is 0.570. The summed E-state index contributed by atoms with van der Waals surface area (Å²) in [5.41, 5.74) is 26.2. The van der Waals surface area contributed by atoms with Crippen molar-refractivity contribution in [3.8, 4) is 135 Å². The molecule has 8 nitrogen and oxygen atoms in total. The van der Waals surface area contributed by atoms with Crippen molar-refractivity contribution >= 4 is 109 Å². The third kappa shape index (κ3) is 10.1. The van der Waals surface area contributed by atoms with Gasteiger partial charge in [-0.25, -0.2) is 29.9 Å². The first-order valence-electron chi connectivity index (χ1n) is 39.5. The molecule has 8 heteroatoms. The van der Waals surface area contributed by atoms with E-state index in [1.807, 2.05) is 78.9 Å². The van der Waals surface area contributed by atoms with Gasteiger partial charge in [-0.2, -0.15) is 0 Å². The molecule has 0 aliphatic rings. The van der Waals surface area contributed by atoms with E-state index in [1.165, 1.54) is 131 Å². The minimum atomic E-state index is 0.592. The van der Waals surface area contributed by atoms with Gasteiger partial charge < -0.3 is 8.80 Å². The summed E-state index contributed by atoms with van der Waals surface area (Å²) < 4.78 is 5.04. The molecule has 536 valence electrons. The molecule has 0 bridgehead atoms. The fourth-order valence-corrected chi connectivity index (χ4v) is 18.7. The molecule has 24 aromatic rings. The summed E-state index contributed by atoms with van der Waals surface area (Å²) in [6, 6.07) is 140. The van der Waals surface area contributed by atoms with E-state index >= 15 is 0 Å². The first-order valence-corrected chi connectivity index (χ1v) is 39.5. The number of aromatic nitrogens is 8. The molecule has 0 aliphatic heterocycles. The van der Waals surface area contributed by atoms with Crippen molar-refractivity contribution < 1.29 is 0 Å². The zero-order valence-electron chi connectivity index (χ0n) is 62.5. The van der Waals surface area contributed by atoms with Crippen molar-refractivity contribution in [1.29, 1.82) is 0 Å². The Morgan fingerprint density at radius 3 is 0.845 bits per heavy atom. The quantitative estimate of drug-likeness (QED) is 0.113. The van der Waals surface area contributed by atoms with Crippen molar-refractivity contribution in [2.24, 2.45) is 0 Å². The van der Waals surface area contributed by atoms with Crippen LogP contribution < -0.4 is 0 Å². The highest BCUT2D eigenvalue weighted by atomic mass is 15.0. The Kier molecular flexibility index (Phi) is 14.6. The van der Waals surface area contributed by atoms with E-state index in [4.69, 9.17) is 29.9 Å². The predicted molar refractivity (Wildman–Crippen MR) is 480 cm³/mol. The summed E-state index contributed by atoms with van der Waals surface area (Å²) in [7, 11) is 0.